The van der Waals surface area contributed by atoms with Gasteiger partial charge in [-0.15, -0.1) is 12.3 Å². The van der Waals surface area contributed by atoms with Crippen LogP contribution in [0.1, 0.15) is 5.56 Å². The molecule has 11 heavy (non-hydrogen) atoms. The number of hydrogen-bond donors (Lipinski definition) is 0. The Morgan fingerprint density at radius 1 is 1.27 bits per heavy atom. The van der Waals surface area contributed by atoms with Crippen LogP contribution in [0.25, 0.3) is 0 Å². The first kappa shape index (κ1) is 10.8. The standard InChI is InChI=1S/C9H10O.Na/c1-2-3-8-4-6-9(10)7-5-8;/h2,4-7,10H,1,3H2;/q;+1/p-1. The third-order valence-electron chi connectivity index (χ3n) is 1.30. The molecule has 0 unspecified atom stereocenters. The topological polar surface area (TPSA) is 23.1 Å². The molecule has 1 rings (SSSR count). The third-order valence-corrected chi connectivity index (χ3v) is 1.30. The molecule has 0 saturated heterocycles. The summed E-state index contributed by atoms with van der Waals surface area (Å²) >= 11 is 0. The van der Waals surface area contributed by atoms with Crippen LogP contribution in [0.3, 0.4) is 0 Å². The molecule has 2 heteroatoms. The molecule has 0 aliphatic rings. The fraction of sp³-hybridized carbons (Fsp3) is 0.111. The van der Waals surface area contributed by atoms with Crippen LogP contribution in [-0.4, -0.2) is 0 Å². The monoisotopic (exact) mass is 156 g/mol. The van der Waals surface area contributed by atoms with Crippen LogP contribution in [0.5, 0.6) is 5.75 Å². The number of allylic oxidation sites excluding steroid dienone is 1. The van der Waals surface area contributed by atoms with Gasteiger partial charge < -0.3 is 5.11 Å². The Labute approximate surface area is 89.0 Å². The molecule has 0 bridgehead atoms. The van der Waals surface area contributed by atoms with Crippen molar-refractivity contribution < 1.29 is 34.7 Å². The molecular formula is C9H9NaO. The van der Waals surface area contributed by atoms with Gasteiger partial charge in [-0.1, -0.05) is 30.3 Å². The first-order valence-electron chi connectivity index (χ1n) is 3.20. The second kappa shape index (κ2) is 5.42. The summed E-state index contributed by atoms with van der Waals surface area (Å²) in [5.74, 6) is 0.0628. The Bertz CT molecular complexity index is 216. The normalized spacial score (nSPS) is 8.36. The van der Waals surface area contributed by atoms with Gasteiger partial charge in [0.2, 0.25) is 0 Å². The summed E-state index contributed by atoms with van der Waals surface area (Å²) in [6, 6.07) is 6.78. The fourth-order valence-electron chi connectivity index (χ4n) is 0.792. The summed E-state index contributed by atoms with van der Waals surface area (Å²) in [5.41, 5.74) is 1.13. The van der Waals surface area contributed by atoms with Crippen LogP contribution in [0.15, 0.2) is 36.9 Å². The van der Waals surface area contributed by atoms with Gasteiger partial charge in [0, 0.05) is 0 Å². The van der Waals surface area contributed by atoms with Gasteiger partial charge >= 0.3 is 29.6 Å². The SMILES string of the molecule is C=CCc1ccc([O-])cc1.[Na+]. The molecule has 1 aromatic rings. The zero-order valence-corrected chi connectivity index (χ0v) is 8.71. The molecule has 0 radical (unpaired) electrons. The van der Waals surface area contributed by atoms with Gasteiger partial charge in [-0.3, -0.25) is 0 Å². The van der Waals surface area contributed by atoms with Gasteiger partial charge in [0.15, 0.2) is 0 Å². The van der Waals surface area contributed by atoms with Crippen molar-refractivity contribution in [3.63, 3.8) is 0 Å². The number of benzene rings is 1. The smallest absolute Gasteiger partial charge is 0.872 e. The van der Waals surface area contributed by atoms with E-state index in [-0.39, 0.29) is 35.3 Å². The minimum absolute atomic E-state index is 0. The number of rotatable bonds is 2. The van der Waals surface area contributed by atoms with Gasteiger partial charge in [0.05, 0.1) is 0 Å². The van der Waals surface area contributed by atoms with E-state index in [2.05, 4.69) is 6.58 Å². The van der Waals surface area contributed by atoms with E-state index in [9.17, 15) is 5.11 Å². The molecule has 0 aliphatic heterocycles. The summed E-state index contributed by atoms with van der Waals surface area (Å²) in [4.78, 5) is 0. The van der Waals surface area contributed by atoms with Crippen LogP contribution in [0, 0.1) is 0 Å². The second-order valence-corrected chi connectivity index (χ2v) is 2.14. The molecule has 0 heterocycles. The van der Waals surface area contributed by atoms with Crippen molar-refractivity contribution in [2.24, 2.45) is 0 Å². The third kappa shape index (κ3) is 3.61. The minimum Gasteiger partial charge on any atom is -0.872 e. The zero-order valence-electron chi connectivity index (χ0n) is 6.71. The molecular weight excluding hydrogens is 147 g/mol. The summed E-state index contributed by atoms with van der Waals surface area (Å²) in [6.07, 6.45) is 2.65. The van der Waals surface area contributed by atoms with Gasteiger partial charge in [-0.2, -0.15) is 0 Å². The minimum atomic E-state index is 0. The van der Waals surface area contributed by atoms with Crippen LogP contribution in [-0.2, 0) is 6.42 Å². The summed E-state index contributed by atoms with van der Waals surface area (Å²) in [7, 11) is 0. The average Bonchev–Trinajstić information content (AvgIpc) is 1.95. The summed E-state index contributed by atoms with van der Waals surface area (Å²) in [6.45, 7) is 3.60. The van der Waals surface area contributed by atoms with E-state index in [1.807, 2.05) is 18.2 Å². The van der Waals surface area contributed by atoms with Crippen LogP contribution >= 0.6 is 0 Å². The van der Waals surface area contributed by atoms with Crippen molar-refractivity contribution in [1.29, 1.82) is 0 Å². The van der Waals surface area contributed by atoms with Crippen LogP contribution in [0.4, 0.5) is 0 Å². The van der Waals surface area contributed by atoms with Crippen molar-refractivity contribution in [3.8, 4) is 5.75 Å². The molecule has 52 valence electrons. The molecule has 0 aliphatic carbocycles. The first-order valence-corrected chi connectivity index (χ1v) is 3.20. The molecule has 0 fully saturated rings. The predicted molar refractivity (Wildman–Crippen MR) is 39.8 cm³/mol. The van der Waals surface area contributed by atoms with E-state index in [0.29, 0.717) is 0 Å². The second-order valence-electron chi connectivity index (χ2n) is 2.14. The van der Waals surface area contributed by atoms with Crippen molar-refractivity contribution in [1.82, 2.24) is 0 Å². The van der Waals surface area contributed by atoms with Crippen LogP contribution < -0.4 is 34.7 Å². The Morgan fingerprint density at radius 3 is 2.27 bits per heavy atom. The van der Waals surface area contributed by atoms with Gasteiger partial charge in [0.1, 0.15) is 0 Å². The number of hydrogen-bond acceptors (Lipinski definition) is 1. The van der Waals surface area contributed by atoms with Crippen molar-refractivity contribution in [3.05, 3.63) is 42.5 Å². The first-order chi connectivity index (χ1) is 4.83. The van der Waals surface area contributed by atoms with Crippen molar-refractivity contribution in [2.75, 3.05) is 0 Å². The van der Waals surface area contributed by atoms with Crippen molar-refractivity contribution in [2.45, 2.75) is 6.42 Å². The van der Waals surface area contributed by atoms with Gasteiger partial charge in [0.25, 0.3) is 0 Å². The van der Waals surface area contributed by atoms with E-state index in [4.69, 9.17) is 0 Å². The molecule has 0 saturated carbocycles. The van der Waals surface area contributed by atoms with E-state index in [0.717, 1.165) is 12.0 Å². The molecule has 1 aromatic carbocycles. The average molecular weight is 156 g/mol. The maximum Gasteiger partial charge on any atom is 1.00 e. The summed E-state index contributed by atoms with van der Waals surface area (Å²) in [5, 5.41) is 10.6. The summed E-state index contributed by atoms with van der Waals surface area (Å²) < 4.78 is 0. The largest absolute Gasteiger partial charge is 1.00 e. The molecule has 0 atom stereocenters. The van der Waals surface area contributed by atoms with E-state index in [1.54, 1.807) is 12.1 Å². The van der Waals surface area contributed by atoms with Gasteiger partial charge in [-0.25, -0.2) is 0 Å². The molecule has 1 nitrogen and oxygen atoms in total. The Morgan fingerprint density at radius 2 is 1.82 bits per heavy atom. The van der Waals surface area contributed by atoms with Gasteiger partial charge in [-0.05, 0) is 12.0 Å². The Hall–Kier alpha value is -0.240. The molecule has 0 aromatic heterocycles. The van der Waals surface area contributed by atoms with E-state index in [1.165, 1.54) is 0 Å². The fourth-order valence-corrected chi connectivity index (χ4v) is 0.792. The zero-order chi connectivity index (χ0) is 7.40. The molecule has 0 N–H and O–H groups in total. The maximum absolute atomic E-state index is 10.6. The molecule has 0 spiro atoms. The molecule has 0 amide bonds. The predicted octanol–water partition coefficient (Wildman–Crippen LogP) is -1.51. The Balaban J connectivity index is 0.000001000. The Kier molecular flexibility index (Phi) is 5.30. The van der Waals surface area contributed by atoms with E-state index < -0.39 is 0 Å². The van der Waals surface area contributed by atoms with E-state index >= 15 is 0 Å². The van der Waals surface area contributed by atoms with Crippen LogP contribution in [0.2, 0.25) is 0 Å². The quantitative estimate of drug-likeness (QED) is 0.377. The maximum atomic E-state index is 10.6. The van der Waals surface area contributed by atoms with Crippen molar-refractivity contribution >= 4 is 0 Å².